The third-order valence-electron chi connectivity index (χ3n) is 3.56. The summed E-state index contributed by atoms with van der Waals surface area (Å²) in [5, 5.41) is 2.93. The van der Waals surface area contributed by atoms with Gasteiger partial charge in [-0.3, -0.25) is 4.79 Å². The number of nitrogens with two attached hydrogens (primary N) is 1. The first kappa shape index (κ1) is 12.7. The van der Waals surface area contributed by atoms with E-state index in [0.29, 0.717) is 17.0 Å². The van der Waals surface area contributed by atoms with E-state index in [0.717, 1.165) is 18.9 Å². The normalized spacial score (nSPS) is 14.9. The van der Waals surface area contributed by atoms with Crippen LogP contribution < -0.4 is 15.8 Å². The fraction of sp³-hybridized carbons (Fsp3) is 0.500. The molecule has 0 unspecified atom stereocenters. The van der Waals surface area contributed by atoms with Crippen LogP contribution in [0.15, 0.2) is 18.2 Å². The Balaban J connectivity index is 1.93. The minimum Gasteiger partial charge on any atom is -0.494 e. The highest BCUT2D eigenvalue weighted by atomic mass is 16.5. The Hall–Kier alpha value is -1.71. The number of hydrogen-bond acceptors (Lipinski definition) is 3. The predicted octanol–water partition coefficient (Wildman–Crippen LogP) is 2.20. The molecule has 0 radical (unpaired) electrons. The number of amides is 1. The van der Waals surface area contributed by atoms with Gasteiger partial charge in [0.2, 0.25) is 0 Å². The Morgan fingerprint density at radius 3 is 2.89 bits per heavy atom. The van der Waals surface area contributed by atoms with Crippen LogP contribution in [0.5, 0.6) is 5.75 Å². The van der Waals surface area contributed by atoms with Gasteiger partial charge in [0.05, 0.1) is 18.4 Å². The van der Waals surface area contributed by atoms with Crippen molar-refractivity contribution in [2.45, 2.75) is 25.7 Å². The third-order valence-corrected chi connectivity index (χ3v) is 3.56. The minimum atomic E-state index is -0.113. The average molecular weight is 248 g/mol. The molecular formula is C14H20N2O2. The standard InChI is InChI=1S/C14H20N2O2/c1-18-13-11(6-3-7-12(13)15)14(17)16-9-8-10-4-2-5-10/h3,6-7,10H,2,4-5,8-9,15H2,1H3,(H,16,17). The van der Waals surface area contributed by atoms with Gasteiger partial charge in [0.1, 0.15) is 0 Å². The summed E-state index contributed by atoms with van der Waals surface area (Å²) >= 11 is 0. The Kier molecular flexibility index (Phi) is 4.07. The highest BCUT2D eigenvalue weighted by molar-refractivity contribution is 5.98. The first-order chi connectivity index (χ1) is 8.72. The van der Waals surface area contributed by atoms with Gasteiger partial charge in [-0.1, -0.05) is 25.3 Å². The van der Waals surface area contributed by atoms with E-state index in [1.807, 2.05) is 0 Å². The lowest BCUT2D eigenvalue weighted by molar-refractivity contribution is 0.0946. The molecule has 0 spiro atoms. The zero-order valence-corrected chi connectivity index (χ0v) is 10.7. The molecule has 1 aromatic carbocycles. The van der Waals surface area contributed by atoms with Crippen LogP contribution in [0, 0.1) is 5.92 Å². The van der Waals surface area contributed by atoms with E-state index in [-0.39, 0.29) is 5.91 Å². The second kappa shape index (κ2) is 5.76. The molecule has 1 saturated carbocycles. The van der Waals surface area contributed by atoms with E-state index in [1.54, 1.807) is 18.2 Å². The molecule has 0 atom stereocenters. The highest BCUT2D eigenvalue weighted by Crippen LogP contribution is 2.29. The van der Waals surface area contributed by atoms with Crippen LogP contribution in [0.2, 0.25) is 0 Å². The molecular weight excluding hydrogens is 228 g/mol. The molecule has 0 aromatic heterocycles. The lowest BCUT2D eigenvalue weighted by atomic mass is 9.83. The van der Waals surface area contributed by atoms with Crippen LogP contribution in [0.25, 0.3) is 0 Å². The van der Waals surface area contributed by atoms with Crippen molar-refractivity contribution in [1.29, 1.82) is 0 Å². The summed E-state index contributed by atoms with van der Waals surface area (Å²) in [5.41, 5.74) is 6.77. The van der Waals surface area contributed by atoms with Gasteiger partial charge in [-0.2, -0.15) is 0 Å². The molecule has 0 saturated heterocycles. The number of ether oxygens (including phenoxy) is 1. The molecule has 18 heavy (non-hydrogen) atoms. The lowest BCUT2D eigenvalue weighted by Gasteiger charge is -2.25. The van der Waals surface area contributed by atoms with Crippen molar-refractivity contribution in [2.24, 2.45) is 5.92 Å². The van der Waals surface area contributed by atoms with Crippen LogP contribution in [0.1, 0.15) is 36.0 Å². The molecule has 1 fully saturated rings. The Morgan fingerprint density at radius 2 is 2.28 bits per heavy atom. The minimum absolute atomic E-state index is 0.113. The molecule has 4 heteroatoms. The quantitative estimate of drug-likeness (QED) is 0.785. The number of benzene rings is 1. The zero-order chi connectivity index (χ0) is 13.0. The van der Waals surface area contributed by atoms with Gasteiger partial charge >= 0.3 is 0 Å². The van der Waals surface area contributed by atoms with Crippen LogP contribution >= 0.6 is 0 Å². The molecule has 1 amide bonds. The van der Waals surface area contributed by atoms with Crippen molar-refractivity contribution >= 4 is 11.6 Å². The number of nitrogens with one attached hydrogen (secondary N) is 1. The Bertz CT molecular complexity index is 428. The molecule has 98 valence electrons. The van der Waals surface area contributed by atoms with E-state index in [4.69, 9.17) is 10.5 Å². The number of methoxy groups -OCH3 is 1. The second-order valence-electron chi connectivity index (χ2n) is 4.77. The molecule has 1 aliphatic rings. The fourth-order valence-corrected chi connectivity index (χ4v) is 2.23. The van der Waals surface area contributed by atoms with Crippen molar-refractivity contribution in [3.63, 3.8) is 0 Å². The van der Waals surface area contributed by atoms with Crippen molar-refractivity contribution < 1.29 is 9.53 Å². The summed E-state index contributed by atoms with van der Waals surface area (Å²) in [6.45, 7) is 0.724. The molecule has 1 aromatic rings. The first-order valence-electron chi connectivity index (χ1n) is 6.43. The summed E-state index contributed by atoms with van der Waals surface area (Å²) in [6.07, 6.45) is 5.01. The van der Waals surface area contributed by atoms with Crippen LogP contribution in [0.3, 0.4) is 0 Å². The summed E-state index contributed by atoms with van der Waals surface area (Å²) in [6, 6.07) is 5.22. The maximum atomic E-state index is 12.0. The Morgan fingerprint density at radius 1 is 1.50 bits per heavy atom. The molecule has 0 aliphatic heterocycles. The van der Waals surface area contributed by atoms with Gasteiger partial charge in [0.25, 0.3) is 5.91 Å². The van der Waals surface area contributed by atoms with E-state index in [1.165, 1.54) is 26.4 Å². The summed E-state index contributed by atoms with van der Waals surface area (Å²) < 4.78 is 5.17. The molecule has 2 rings (SSSR count). The largest absolute Gasteiger partial charge is 0.494 e. The van der Waals surface area contributed by atoms with E-state index in [9.17, 15) is 4.79 Å². The smallest absolute Gasteiger partial charge is 0.255 e. The number of para-hydroxylation sites is 1. The van der Waals surface area contributed by atoms with E-state index in [2.05, 4.69) is 5.32 Å². The maximum absolute atomic E-state index is 12.0. The van der Waals surface area contributed by atoms with Crippen molar-refractivity contribution in [3.8, 4) is 5.75 Å². The van der Waals surface area contributed by atoms with Gasteiger partial charge in [-0.25, -0.2) is 0 Å². The van der Waals surface area contributed by atoms with E-state index >= 15 is 0 Å². The second-order valence-corrected chi connectivity index (χ2v) is 4.77. The van der Waals surface area contributed by atoms with Gasteiger partial charge in [0.15, 0.2) is 5.75 Å². The number of nitrogen functional groups attached to an aromatic ring is 1. The molecule has 1 aliphatic carbocycles. The fourth-order valence-electron chi connectivity index (χ4n) is 2.23. The SMILES string of the molecule is COc1c(N)cccc1C(=O)NCCC1CCC1. The van der Waals surface area contributed by atoms with Crippen molar-refractivity contribution in [2.75, 3.05) is 19.4 Å². The number of carbonyl (C=O) groups excluding carboxylic acids is 1. The molecule has 0 bridgehead atoms. The highest BCUT2D eigenvalue weighted by Gasteiger charge is 2.18. The van der Waals surface area contributed by atoms with Gasteiger partial charge in [0, 0.05) is 6.54 Å². The van der Waals surface area contributed by atoms with Gasteiger partial charge < -0.3 is 15.8 Å². The number of carbonyl (C=O) groups is 1. The maximum Gasteiger partial charge on any atom is 0.255 e. The topological polar surface area (TPSA) is 64.3 Å². The monoisotopic (exact) mass is 248 g/mol. The van der Waals surface area contributed by atoms with E-state index < -0.39 is 0 Å². The van der Waals surface area contributed by atoms with Crippen LogP contribution in [-0.4, -0.2) is 19.6 Å². The summed E-state index contributed by atoms with van der Waals surface area (Å²) in [5.74, 6) is 1.14. The number of rotatable bonds is 5. The predicted molar refractivity (Wildman–Crippen MR) is 71.7 cm³/mol. The zero-order valence-electron chi connectivity index (χ0n) is 10.7. The third kappa shape index (κ3) is 2.75. The van der Waals surface area contributed by atoms with Crippen molar-refractivity contribution in [3.05, 3.63) is 23.8 Å². The van der Waals surface area contributed by atoms with Crippen LogP contribution in [0.4, 0.5) is 5.69 Å². The van der Waals surface area contributed by atoms with Gasteiger partial charge in [-0.15, -0.1) is 0 Å². The average Bonchev–Trinajstić information content (AvgIpc) is 2.31. The molecule has 3 N–H and O–H groups in total. The Labute approximate surface area is 108 Å². The van der Waals surface area contributed by atoms with Crippen LogP contribution in [-0.2, 0) is 0 Å². The lowest BCUT2D eigenvalue weighted by Crippen LogP contribution is -2.27. The first-order valence-corrected chi connectivity index (χ1v) is 6.43. The summed E-state index contributed by atoms with van der Waals surface area (Å²) in [7, 11) is 1.52. The van der Waals surface area contributed by atoms with Gasteiger partial charge in [-0.05, 0) is 24.5 Å². The number of anilines is 1. The molecule has 4 nitrogen and oxygen atoms in total. The van der Waals surface area contributed by atoms with Crippen molar-refractivity contribution in [1.82, 2.24) is 5.32 Å². The summed E-state index contributed by atoms with van der Waals surface area (Å²) in [4.78, 5) is 12.0. The number of hydrogen-bond donors (Lipinski definition) is 2. The molecule has 0 heterocycles.